The van der Waals surface area contributed by atoms with Gasteiger partial charge in [-0.05, 0) is 17.7 Å². The summed E-state index contributed by atoms with van der Waals surface area (Å²) in [6.45, 7) is 0.136. The Kier molecular flexibility index (Phi) is 3.12. The second kappa shape index (κ2) is 4.13. The van der Waals surface area contributed by atoms with E-state index in [1.165, 1.54) is 12.1 Å². The van der Waals surface area contributed by atoms with Gasteiger partial charge in [-0.3, -0.25) is 0 Å². The van der Waals surface area contributed by atoms with Crippen LogP contribution in [0.1, 0.15) is 21.5 Å². The monoisotopic (exact) mass is 208 g/mol. The molecule has 0 aliphatic heterocycles. The summed E-state index contributed by atoms with van der Waals surface area (Å²) in [6.07, 6.45) is 0. The molecular formula is C9H8N2O2S. The van der Waals surface area contributed by atoms with Crippen molar-refractivity contribution < 1.29 is 9.90 Å². The number of aromatic carboxylic acids is 1. The van der Waals surface area contributed by atoms with Crippen molar-refractivity contribution in [1.82, 2.24) is 0 Å². The predicted octanol–water partition coefficient (Wildman–Crippen LogP) is 1.00. The highest BCUT2D eigenvalue weighted by molar-refractivity contribution is 7.80. The van der Waals surface area contributed by atoms with E-state index in [1.807, 2.05) is 6.07 Å². The summed E-state index contributed by atoms with van der Waals surface area (Å²) in [5.74, 6) is -1.07. The molecule has 4 nitrogen and oxygen atoms in total. The lowest BCUT2D eigenvalue weighted by Gasteiger charge is -2.05. The van der Waals surface area contributed by atoms with Crippen LogP contribution in [0.4, 0.5) is 0 Å². The highest BCUT2D eigenvalue weighted by atomic mass is 32.1. The third-order valence-electron chi connectivity index (χ3n) is 1.79. The van der Waals surface area contributed by atoms with Crippen molar-refractivity contribution in [1.29, 1.82) is 5.26 Å². The summed E-state index contributed by atoms with van der Waals surface area (Å²) < 4.78 is 0. The Morgan fingerprint density at radius 2 is 2.29 bits per heavy atom. The molecule has 3 N–H and O–H groups in total. The molecule has 0 amide bonds. The lowest BCUT2D eigenvalue weighted by molar-refractivity contribution is 0.0693. The fourth-order valence-electron chi connectivity index (χ4n) is 1.08. The minimum atomic E-state index is -1.07. The second-order valence-corrected chi connectivity index (χ2v) is 3.13. The highest BCUT2D eigenvalue weighted by Gasteiger charge is 2.11. The van der Waals surface area contributed by atoms with Crippen molar-refractivity contribution in [2.45, 2.75) is 11.4 Å². The largest absolute Gasteiger partial charge is 0.478 e. The molecule has 1 aromatic carbocycles. The first-order valence-corrected chi connectivity index (χ1v) is 4.24. The molecule has 0 bridgehead atoms. The Balaban J connectivity index is 3.39. The molecule has 5 heteroatoms. The Bertz CT molecular complexity index is 424. The number of nitrogens with two attached hydrogens (primary N) is 1. The normalized spacial score (nSPS) is 9.50. The lowest BCUT2D eigenvalue weighted by Crippen LogP contribution is -2.05. The maximum atomic E-state index is 10.7. The van der Waals surface area contributed by atoms with Gasteiger partial charge in [-0.25, -0.2) is 4.79 Å². The molecule has 1 aromatic rings. The Morgan fingerprint density at radius 1 is 1.64 bits per heavy atom. The van der Waals surface area contributed by atoms with E-state index in [4.69, 9.17) is 16.1 Å². The van der Waals surface area contributed by atoms with E-state index in [1.54, 1.807) is 0 Å². The fourth-order valence-corrected chi connectivity index (χ4v) is 1.37. The zero-order valence-corrected chi connectivity index (χ0v) is 8.08. The molecule has 0 spiro atoms. The second-order valence-electron chi connectivity index (χ2n) is 2.65. The van der Waals surface area contributed by atoms with Gasteiger partial charge in [0.05, 0.1) is 17.2 Å². The number of benzene rings is 1. The molecule has 0 saturated heterocycles. The third kappa shape index (κ3) is 1.87. The van der Waals surface area contributed by atoms with E-state index < -0.39 is 5.97 Å². The summed E-state index contributed by atoms with van der Waals surface area (Å²) in [4.78, 5) is 11.0. The zero-order chi connectivity index (χ0) is 10.7. The molecule has 0 radical (unpaired) electrons. The molecular weight excluding hydrogens is 200 g/mol. The van der Waals surface area contributed by atoms with Crippen LogP contribution >= 0.6 is 12.6 Å². The molecule has 0 atom stereocenters. The van der Waals surface area contributed by atoms with Crippen molar-refractivity contribution in [3.8, 4) is 6.07 Å². The smallest absolute Gasteiger partial charge is 0.336 e. The molecule has 0 aliphatic carbocycles. The van der Waals surface area contributed by atoms with Crippen LogP contribution in [0.5, 0.6) is 0 Å². The van der Waals surface area contributed by atoms with Crippen LogP contribution in [0.2, 0.25) is 0 Å². The molecule has 14 heavy (non-hydrogen) atoms. The van der Waals surface area contributed by atoms with Crippen LogP contribution in [0.25, 0.3) is 0 Å². The topological polar surface area (TPSA) is 87.1 Å². The van der Waals surface area contributed by atoms with Gasteiger partial charge in [-0.15, -0.1) is 12.6 Å². The van der Waals surface area contributed by atoms with E-state index in [9.17, 15) is 4.79 Å². The van der Waals surface area contributed by atoms with Crippen LogP contribution in [0.3, 0.4) is 0 Å². The summed E-state index contributed by atoms with van der Waals surface area (Å²) >= 11 is 3.97. The van der Waals surface area contributed by atoms with Gasteiger partial charge in [-0.2, -0.15) is 5.26 Å². The van der Waals surface area contributed by atoms with E-state index in [0.29, 0.717) is 11.1 Å². The molecule has 1 rings (SSSR count). The Labute approximate surface area is 86.4 Å². The van der Waals surface area contributed by atoms with Gasteiger partial charge >= 0.3 is 5.97 Å². The first-order valence-electron chi connectivity index (χ1n) is 3.79. The van der Waals surface area contributed by atoms with Gasteiger partial charge in [0.2, 0.25) is 0 Å². The fraction of sp³-hybridized carbons (Fsp3) is 0.111. The predicted molar refractivity (Wildman–Crippen MR) is 53.3 cm³/mol. The SMILES string of the molecule is N#Cc1cc(S)c(C(=O)O)cc1CN. The summed E-state index contributed by atoms with van der Waals surface area (Å²) in [5, 5.41) is 17.5. The van der Waals surface area contributed by atoms with Gasteiger partial charge in [-0.1, -0.05) is 0 Å². The highest BCUT2D eigenvalue weighted by Crippen LogP contribution is 2.19. The average molecular weight is 208 g/mol. The van der Waals surface area contributed by atoms with Crippen molar-refractivity contribution in [3.63, 3.8) is 0 Å². The summed E-state index contributed by atoms with van der Waals surface area (Å²) in [7, 11) is 0. The van der Waals surface area contributed by atoms with Gasteiger partial charge < -0.3 is 10.8 Å². The first-order chi connectivity index (χ1) is 6.60. The first kappa shape index (κ1) is 10.6. The summed E-state index contributed by atoms with van der Waals surface area (Å²) in [5.41, 5.74) is 6.32. The lowest BCUT2D eigenvalue weighted by atomic mass is 10.0. The molecule has 0 aliphatic rings. The number of carboxylic acid groups (broad SMARTS) is 1. The average Bonchev–Trinajstić information content (AvgIpc) is 2.16. The third-order valence-corrected chi connectivity index (χ3v) is 2.16. The van der Waals surface area contributed by atoms with Crippen LogP contribution in [-0.2, 0) is 6.54 Å². The maximum absolute atomic E-state index is 10.7. The molecule has 72 valence electrons. The van der Waals surface area contributed by atoms with E-state index in [-0.39, 0.29) is 17.0 Å². The number of carboxylic acids is 1. The van der Waals surface area contributed by atoms with Gasteiger partial charge in [0.25, 0.3) is 0 Å². The molecule has 0 heterocycles. The quantitative estimate of drug-likeness (QED) is 0.633. The number of nitrogens with zero attached hydrogens (tertiary/aromatic N) is 1. The van der Waals surface area contributed by atoms with Gasteiger partial charge in [0, 0.05) is 11.4 Å². The van der Waals surface area contributed by atoms with Crippen LogP contribution in [0, 0.1) is 11.3 Å². The van der Waals surface area contributed by atoms with Crippen LogP contribution < -0.4 is 5.73 Å². The molecule has 0 aromatic heterocycles. The minimum absolute atomic E-state index is 0.0628. The number of rotatable bonds is 2. The maximum Gasteiger partial charge on any atom is 0.336 e. The van der Waals surface area contributed by atoms with E-state index in [2.05, 4.69) is 12.6 Å². The van der Waals surface area contributed by atoms with Crippen molar-refractivity contribution >= 4 is 18.6 Å². The minimum Gasteiger partial charge on any atom is -0.478 e. The zero-order valence-electron chi connectivity index (χ0n) is 7.19. The van der Waals surface area contributed by atoms with Crippen molar-refractivity contribution in [3.05, 3.63) is 28.8 Å². The number of carbonyl (C=O) groups is 1. The van der Waals surface area contributed by atoms with Crippen molar-refractivity contribution in [2.75, 3.05) is 0 Å². The van der Waals surface area contributed by atoms with Crippen LogP contribution in [0.15, 0.2) is 17.0 Å². The Hall–Kier alpha value is -1.51. The molecule has 0 unspecified atom stereocenters. The Morgan fingerprint density at radius 3 is 2.71 bits per heavy atom. The summed E-state index contributed by atoms with van der Waals surface area (Å²) in [6, 6.07) is 4.72. The molecule has 0 fully saturated rings. The van der Waals surface area contributed by atoms with E-state index in [0.717, 1.165) is 0 Å². The standard InChI is InChI=1S/C9H8N2O2S/c10-3-5-1-7(9(12)13)8(14)2-6(5)4-11/h1-2,14H,3,10H2,(H,12,13). The molecule has 0 saturated carbocycles. The number of nitriles is 1. The van der Waals surface area contributed by atoms with Crippen molar-refractivity contribution in [2.24, 2.45) is 5.73 Å². The number of thiol groups is 1. The van der Waals surface area contributed by atoms with Gasteiger partial charge in [0.15, 0.2) is 0 Å². The van der Waals surface area contributed by atoms with Gasteiger partial charge in [0.1, 0.15) is 0 Å². The van der Waals surface area contributed by atoms with Crippen LogP contribution in [-0.4, -0.2) is 11.1 Å². The van der Waals surface area contributed by atoms with E-state index >= 15 is 0 Å². The number of hydrogen-bond acceptors (Lipinski definition) is 4. The number of hydrogen-bond donors (Lipinski definition) is 3.